The standard InChI is InChI=1S/C25H25FN8O2/c1-14-15(9-27-23(35)22-31-24(36-32-22)25(2,3)4)6-7-18(20(14)26)21-19-8-16(12-34(19)30-13-28-21)17-10-29-33(5)11-17/h6-8,10-13H,9H2,1-5H3,(H,27,35). The lowest BCUT2D eigenvalue weighted by Crippen LogP contribution is -2.25. The molecule has 1 N–H and O–H groups in total. The number of nitrogens with one attached hydrogen (secondary N) is 1. The van der Waals surface area contributed by atoms with Crippen molar-refractivity contribution in [2.24, 2.45) is 7.05 Å². The van der Waals surface area contributed by atoms with Crippen molar-refractivity contribution >= 4 is 11.4 Å². The molecule has 36 heavy (non-hydrogen) atoms. The Morgan fingerprint density at radius 3 is 2.67 bits per heavy atom. The molecule has 0 radical (unpaired) electrons. The molecule has 0 saturated carbocycles. The maximum absolute atomic E-state index is 15.6. The van der Waals surface area contributed by atoms with E-state index in [0.717, 1.165) is 11.1 Å². The van der Waals surface area contributed by atoms with E-state index in [1.54, 1.807) is 34.5 Å². The summed E-state index contributed by atoms with van der Waals surface area (Å²) in [5.41, 5.74) is 3.98. The number of halogens is 1. The molecule has 0 fully saturated rings. The number of hydrogen-bond acceptors (Lipinski definition) is 7. The first-order chi connectivity index (χ1) is 17.1. The van der Waals surface area contributed by atoms with Crippen LogP contribution in [-0.4, -0.2) is 40.4 Å². The highest BCUT2D eigenvalue weighted by molar-refractivity contribution is 5.90. The lowest BCUT2D eigenvalue weighted by atomic mass is 9.97. The summed E-state index contributed by atoms with van der Waals surface area (Å²) in [6, 6.07) is 5.34. The van der Waals surface area contributed by atoms with Crippen LogP contribution in [0.5, 0.6) is 0 Å². The van der Waals surface area contributed by atoms with Crippen LogP contribution in [0.1, 0.15) is 48.4 Å². The second kappa shape index (κ2) is 8.67. The first kappa shape index (κ1) is 23.3. The minimum atomic E-state index is -0.494. The largest absolute Gasteiger partial charge is 0.345 e. The van der Waals surface area contributed by atoms with E-state index in [1.165, 1.54) is 6.33 Å². The number of carbonyl (C=O) groups excluding carboxylic acids is 1. The predicted molar refractivity (Wildman–Crippen MR) is 129 cm³/mol. The van der Waals surface area contributed by atoms with Crippen LogP contribution in [0.2, 0.25) is 0 Å². The highest BCUT2D eigenvalue weighted by atomic mass is 19.1. The molecule has 10 nitrogen and oxygen atoms in total. The van der Waals surface area contributed by atoms with Gasteiger partial charge in [0.15, 0.2) is 0 Å². The van der Waals surface area contributed by atoms with Gasteiger partial charge in [0, 0.05) is 48.1 Å². The molecule has 0 bridgehead atoms. The Labute approximate surface area is 206 Å². The molecule has 5 aromatic rings. The van der Waals surface area contributed by atoms with E-state index < -0.39 is 11.7 Å². The van der Waals surface area contributed by atoms with Gasteiger partial charge in [-0.2, -0.15) is 15.2 Å². The monoisotopic (exact) mass is 488 g/mol. The van der Waals surface area contributed by atoms with Gasteiger partial charge in [-0.25, -0.2) is 13.9 Å². The molecular formula is C25H25FN8O2. The number of carbonyl (C=O) groups is 1. The average molecular weight is 489 g/mol. The van der Waals surface area contributed by atoms with Gasteiger partial charge in [-0.15, -0.1) is 0 Å². The molecule has 1 aromatic carbocycles. The van der Waals surface area contributed by atoms with Gasteiger partial charge in [-0.05, 0) is 30.2 Å². The van der Waals surface area contributed by atoms with Gasteiger partial charge in [-0.1, -0.05) is 32.0 Å². The molecule has 184 valence electrons. The lowest BCUT2D eigenvalue weighted by Gasteiger charge is -2.12. The number of rotatable bonds is 5. The number of fused-ring (bicyclic) bond motifs is 1. The maximum atomic E-state index is 15.6. The summed E-state index contributed by atoms with van der Waals surface area (Å²) in [7, 11) is 1.85. The van der Waals surface area contributed by atoms with Gasteiger partial charge < -0.3 is 9.84 Å². The third-order valence-electron chi connectivity index (χ3n) is 5.91. The Kier molecular flexibility index (Phi) is 5.62. The molecule has 4 heterocycles. The van der Waals surface area contributed by atoms with E-state index in [4.69, 9.17) is 4.52 Å². The number of nitrogens with zero attached hydrogens (tertiary/aromatic N) is 7. The highest BCUT2D eigenvalue weighted by Crippen LogP contribution is 2.31. The zero-order chi connectivity index (χ0) is 25.6. The summed E-state index contributed by atoms with van der Waals surface area (Å²) in [6.07, 6.45) is 6.91. The third kappa shape index (κ3) is 4.23. The SMILES string of the molecule is Cc1c(CNC(=O)c2noc(C(C)(C)C)n2)ccc(-c2ncnn3cc(-c4cnn(C)c4)cc23)c1F. The first-order valence-electron chi connectivity index (χ1n) is 11.3. The third-order valence-corrected chi connectivity index (χ3v) is 5.91. The predicted octanol–water partition coefficient (Wildman–Crippen LogP) is 3.85. The fourth-order valence-corrected chi connectivity index (χ4v) is 3.84. The van der Waals surface area contributed by atoms with Crippen molar-refractivity contribution in [2.45, 2.75) is 39.7 Å². The molecule has 4 aromatic heterocycles. The van der Waals surface area contributed by atoms with Gasteiger partial charge in [-0.3, -0.25) is 9.48 Å². The minimum absolute atomic E-state index is 0.0595. The van der Waals surface area contributed by atoms with Crippen molar-refractivity contribution in [2.75, 3.05) is 0 Å². The van der Waals surface area contributed by atoms with Gasteiger partial charge in [0.2, 0.25) is 5.89 Å². The van der Waals surface area contributed by atoms with E-state index in [9.17, 15) is 4.79 Å². The first-order valence-corrected chi connectivity index (χ1v) is 11.3. The highest BCUT2D eigenvalue weighted by Gasteiger charge is 2.24. The molecule has 0 unspecified atom stereocenters. The number of aromatic nitrogens is 7. The van der Waals surface area contributed by atoms with Crippen molar-refractivity contribution in [1.29, 1.82) is 0 Å². The molecule has 0 saturated heterocycles. The zero-order valence-corrected chi connectivity index (χ0v) is 20.6. The van der Waals surface area contributed by atoms with E-state index in [1.807, 2.05) is 46.3 Å². The molecule has 5 rings (SSSR count). The van der Waals surface area contributed by atoms with E-state index in [2.05, 4.69) is 30.6 Å². The molecule has 1 amide bonds. The summed E-state index contributed by atoms with van der Waals surface area (Å²) in [5.74, 6) is -0.601. The number of hydrogen-bond donors (Lipinski definition) is 1. The molecular weight excluding hydrogens is 463 g/mol. The Morgan fingerprint density at radius 1 is 1.17 bits per heavy atom. The second-order valence-electron chi connectivity index (χ2n) is 9.64. The Hall–Kier alpha value is -4.41. The van der Waals surface area contributed by atoms with Gasteiger partial charge >= 0.3 is 0 Å². The van der Waals surface area contributed by atoms with Gasteiger partial charge in [0.1, 0.15) is 17.8 Å². The molecule has 0 spiro atoms. The molecule has 11 heteroatoms. The minimum Gasteiger partial charge on any atom is -0.345 e. The smallest absolute Gasteiger partial charge is 0.292 e. The van der Waals surface area contributed by atoms with Crippen LogP contribution in [0.25, 0.3) is 27.9 Å². The van der Waals surface area contributed by atoms with E-state index >= 15 is 4.39 Å². The van der Waals surface area contributed by atoms with Crippen molar-refractivity contribution in [1.82, 2.24) is 39.8 Å². The molecule has 0 aliphatic heterocycles. The molecule has 0 aliphatic rings. The van der Waals surface area contributed by atoms with Gasteiger partial charge in [0.05, 0.1) is 11.7 Å². The topological polar surface area (TPSA) is 116 Å². The van der Waals surface area contributed by atoms with Crippen LogP contribution in [0.15, 0.2) is 47.6 Å². The van der Waals surface area contributed by atoms with Crippen LogP contribution < -0.4 is 5.32 Å². The summed E-state index contributed by atoms with van der Waals surface area (Å²) >= 11 is 0. The average Bonchev–Trinajstić information content (AvgIpc) is 3.58. The lowest BCUT2D eigenvalue weighted by molar-refractivity contribution is 0.0937. The number of aryl methyl sites for hydroxylation is 1. The Balaban J connectivity index is 1.40. The Bertz CT molecular complexity index is 1590. The summed E-state index contributed by atoms with van der Waals surface area (Å²) < 4.78 is 24.1. The number of amides is 1. The van der Waals surface area contributed by atoms with Crippen molar-refractivity contribution in [3.05, 3.63) is 71.8 Å². The maximum Gasteiger partial charge on any atom is 0.292 e. The number of benzene rings is 1. The van der Waals surface area contributed by atoms with Crippen molar-refractivity contribution in [3.63, 3.8) is 0 Å². The van der Waals surface area contributed by atoms with Crippen LogP contribution >= 0.6 is 0 Å². The normalized spacial score (nSPS) is 11.8. The molecule has 0 atom stereocenters. The van der Waals surface area contributed by atoms with E-state index in [-0.39, 0.29) is 17.8 Å². The summed E-state index contributed by atoms with van der Waals surface area (Å²) in [5, 5.41) is 15.0. The van der Waals surface area contributed by atoms with Crippen LogP contribution in [0.4, 0.5) is 4.39 Å². The quantitative estimate of drug-likeness (QED) is 0.399. The van der Waals surface area contributed by atoms with Crippen LogP contribution in [0, 0.1) is 12.7 Å². The molecule has 0 aliphatic carbocycles. The van der Waals surface area contributed by atoms with Crippen molar-refractivity contribution < 1.29 is 13.7 Å². The van der Waals surface area contributed by atoms with E-state index in [0.29, 0.717) is 33.8 Å². The fourth-order valence-electron chi connectivity index (χ4n) is 3.84. The summed E-state index contributed by atoms with van der Waals surface area (Å²) in [6.45, 7) is 7.51. The fraction of sp³-hybridized carbons (Fsp3) is 0.280. The van der Waals surface area contributed by atoms with Crippen molar-refractivity contribution in [3.8, 4) is 22.4 Å². The van der Waals surface area contributed by atoms with Crippen LogP contribution in [-0.2, 0) is 19.0 Å². The zero-order valence-electron chi connectivity index (χ0n) is 20.6. The summed E-state index contributed by atoms with van der Waals surface area (Å²) in [4.78, 5) is 21.0. The van der Waals surface area contributed by atoms with Crippen LogP contribution in [0.3, 0.4) is 0 Å². The Morgan fingerprint density at radius 2 is 1.97 bits per heavy atom. The second-order valence-corrected chi connectivity index (χ2v) is 9.64. The van der Waals surface area contributed by atoms with Gasteiger partial charge in [0.25, 0.3) is 11.7 Å².